The van der Waals surface area contributed by atoms with Crippen LogP contribution in [-0.2, 0) is 0 Å². The first-order chi connectivity index (χ1) is 5.67. The van der Waals surface area contributed by atoms with Gasteiger partial charge in [0, 0.05) is 0 Å². The fraction of sp³-hybridized carbons (Fsp3) is 1.00. The first kappa shape index (κ1) is 11.7. The Morgan fingerprint density at radius 3 is 2.08 bits per heavy atom. The van der Waals surface area contributed by atoms with Crippen LogP contribution in [0.1, 0.15) is 0 Å². The molecule has 6 nitrogen and oxygen atoms in total. The van der Waals surface area contributed by atoms with Gasteiger partial charge in [0.25, 0.3) is 0 Å². The molecule has 0 aromatic heterocycles. The molecule has 0 amide bonds. The molecule has 0 aliphatic heterocycles. The Morgan fingerprint density at radius 2 is 1.75 bits per heavy atom. The summed E-state index contributed by atoms with van der Waals surface area (Å²) in [5.41, 5.74) is 2.88. The van der Waals surface area contributed by atoms with Crippen molar-refractivity contribution in [3.8, 4) is 0 Å². The average Bonchev–Trinajstić information content (AvgIpc) is 2.11. The maximum atomic E-state index is 11.4. The average molecular weight is 184 g/mol. The van der Waals surface area contributed by atoms with Gasteiger partial charge < -0.3 is 20.4 Å². The highest BCUT2D eigenvalue weighted by atomic mass is 19.2. The number of rotatable bonds is 6. The van der Waals surface area contributed by atoms with Gasteiger partial charge in [-0.3, -0.25) is 0 Å². The third kappa shape index (κ3) is 3.39. The molecule has 0 aliphatic carbocycles. The molecular weight excluding hydrogens is 171 g/mol. The quantitative estimate of drug-likeness (QED) is 0.195. The molecule has 0 saturated heterocycles. The molecule has 0 fully saturated rings. The summed E-state index contributed by atoms with van der Waals surface area (Å²) in [6.07, 6.45) is -2.86. The fourth-order valence-electron chi connectivity index (χ4n) is 0.685. The van der Waals surface area contributed by atoms with Crippen molar-refractivity contribution in [2.24, 2.45) is 0 Å². The van der Waals surface area contributed by atoms with E-state index in [1.807, 2.05) is 5.43 Å². The maximum Gasteiger partial charge on any atom is 0.105 e. The Bertz CT molecular complexity index is 118. The van der Waals surface area contributed by atoms with Crippen molar-refractivity contribution >= 4 is 0 Å². The standard InChI is InChI=1S/C5H13FN2O4/c6-8-7-3(1-9)5(12)4(11)2-10/h3-5,7-12H,1-2H2/t3?,4-,5?/m0/s1. The maximum absolute atomic E-state index is 11.4. The second-order valence-electron chi connectivity index (χ2n) is 2.27. The fourth-order valence-corrected chi connectivity index (χ4v) is 0.685. The van der Waals surface area contributed by atoms with Crippen LogP contribution in [0, 0.1) is 0 Å². The zero-order valence-electron chi connectivity index (χ0n) is 6.31. The van der Waals surface area contributed by atoms with E-state index in [9.17, 15) is 4.48 Å². The highest BCUT2D eigenvalue weighted by molar-refractivity contribution is 4.78. The first-order valence-corrected chi connectivity index (χ1v) is 3.36. The number of nitrogens with one attached hydrogen (secondary N) is 2. The van der Waals surface area contributed by atoms with E-state index >= 15 is 0 Å². The summed E-state index contributed by atoms with van der Waals surface area (Å²) in [4.78, 5) is 0. The van der Waals surface area contributed by atoms with Crippen molar-refractivity contribution in [1.29, 1.82) is 0 Å². The summed E-state index contributed by atoms with van der Waals surface area (Å²) < 4.78 is 11.4. The smallest absolute Gasteiger partial charge is 0.105 e. The van der Waals surface area contributed by atoms with Gasteiger partial charge in [0.05, 0.1) is 19.3 Å². The summed E-state index contributed by atoms with van der Waals surface area (Å²) >= 11 is 0. The molecule has 74 valence electrons. The largest absolute Gasteiger partial charge is 0.395 e. The summed E-state index contributed by atoms with van der Waals surface area (Å²) in [5.74, 6) is 0. The van der Waals surface area contributed by atoms with E-state index < -0.39 is 31.5 Å². The predicted molar refractivity (Wildman–Crippen MR) is 37.4 cm³/mol. The lowest BCUT2D eigenvalue weighted by Gasteiger charge is -2.23. The molecule has 6 N–H and O–H groups in total. The SMILES string of the molecule is OCC(NNF)C(O)[C@@H](O)CO. The Kier molecular flexibility index (Phi) is 6.07. The molecule has 0 aromatic rings. The molecule has 0 rings (SSSR count). The van der Waals surface area contributed by atoms with Gasteiger partial charge in [-0.25, -0.2) is 5.43 Å². The number of hydrogen-bond acceptors (Lipinski definition) is 6. The van der Waals surface area contributed by atoms with Crippen LogP contribution in [-0.4, -0.2) is 51.9 Å². The lowest BCUT2D eigenvalue weighted by Crippen LogP contribution is -2.52. The third-order valence-corrected chi connectivity index (χ3v) is 1.43. The minimum Gasteiger partial charge on any atom is -0.395 e. The van der Waals surface area contributed by atoms with E-state index in [1.54, 1.807) is 0 Å². The molecule has 0 aromatic carbocycles. The molecule has 0 aliphatic rings. The van der Waals surface area contributed by atoms with Crippen molar-refractivity contribution in [2.75, 3.05) is 13.2 Å². The zero-order chi connectivity index (χ0) is 9.56. The number of halogens is 1. The topological polar surface area (TPSA) is 105 Å². The second-order valence-corrected chi connectivity index (χ2v) is 2.27. The molecule has 3 atom stereocenters. The lowest BCUT2D eigenvalue weighted by molar-refractivity contribution is -0.0484. The second kappa shape index (κ2) is 6.23. The van der Waals surface area contributed by atoms with E-state index in [1.165, 1.54) is 0 Å². The van der Waals surface area contributed by atoms with Gasteiger partial charge in [-0.2, -0.15) is 0 Å². The Labute approximate surface area is 68.5 Å². The normalized spacial score (nSPS) is 18.8. The van der Waals surface area contributed by atoms with Crippen LogP contribution in [0.4, 0.5) is 4.48 Å². The number of hydrogen-bond donors (Lipinski definition) is 6. The Hall–Kier alpha value is -0.310. The van der Waals surface area contributed by atoms with Gasteiger partial charge in [0.2, 0.25) is 0 Å². The van der Waals surface area contributed by atoms with Crippen LogP contribution in [0.15, 0.2) is 0 Å². The van der Waals surface area contributed by atoms with Crippen molar-refractivity contribution in [3.05, 3.63) is 0 Å². The monoisotopic (exact) mass is 184 g/mol. The predicted octanol–water partition coefficient (Wildman–Crippen LogP) is -2.96. The summed E-state index contributed by atoms with van der Waals surface area (Å²) in [6, 6.07) is -1.07. The van der Waals surface area contributed by atoms with E-state index in [0.29, 0.717) is 0 Å². The molecular formula is C5H13FN2O4. The van der Waals surface area contributed by atoms with Crippen molar-refractivity contribution in [3.63, 3.8) is 0 Å². The summed E-state index contributed by atoms with van der Waals surface area (Å²) in [5, 5.41) is 34.9. The van der Waals surface area contributed by atoms with Gasteiger partial charge in [-0.15, -0.1) is 4.48 Å². The lowest BCUT2D eigenvalue weighted by atomic mass is 10.1. The molecule has 0 spiro atoms. The van der Waals surface area contributed by atoms with Crippen molar-refractivity contribution in [2.45, 2.75) is 18.2 Å². The van der Waals surface area contributed by atoms with E-state index in [4.69, 9.17) is 20.4 Å². The number of hydrazine groups is 1. The van der Waals surface area contributed by atoms with Crippen LogP contribution >= 0.6 is 0 Å². The molecule has 0 heterocycles. The number of aliphatic hydroxyl groups is 4. The first-order valence-electron chi connectivity index (χ1n) is 3.36. The molecule has 0 saturated carbocycles. The minimum atomic E-state index is -1.44. The Morgan fingerprint density at radius 1 is 1.17 bits per heavy atom. The van der Waals surface area contributed by atoms with Crippen LogP contribution in [0.2, 0.25) is 0 Å². The van der Waals surface area contributed by atoms with Gasteiger partial charge in [-0.05, 0) is 0 Å². The number of aliphatic hydroxyl groups excluding tert-OH is 4. The van der Waals surface area contributed by atoms with E-state index in [0.717, 1.165) is 5.65 Å². The third-order valence-electron chi connectivity index (χ3n) is 1.43. The van der Waals surface area contributed by atoms with Gasteiger partial charge in [0.1, 0.15) is 12.2 Å². The van der Waals surface area contributed by atoms with Crippen LogP contribution in [0.3, 0.4) is 0 Å². The van der Waals surface area contributed by atoms with E-state index in [-0.39, 0.29) is 0 Å². The highest BCUT2D eigenvalue weighted by Crippen LogP contribution is 1.98. The summed E-state index contributed by atoms with van der Waals surface area (Å²) in [7, 11) is 0. The zero-order valence-corrected chi connectivity index (χ0v) is 6.31. The molecule has 2 unspecified atom stereocenters. The van der Waals surface area contributed by atoms with Gasteiger partial charge in [0.15, 0.2) is 0 Å². The molecule has 0 bridgehead atoms. The van der Waals surface area contributed by atoms with Crippen LogP contribution < -0.4 is 11.1 Å². The van der Waals surface area contributed by atoms with Crippen molar-refractivity contribution in [1.82, 2.24) is 11.1 Å². The minimum absolute atomic E-state index is 0.574. The van der Waals surface area contributed by atoms with Gasteiger partial charge >= 0.3 is 0 Å². The molecule has 7 heteroatoms. The van der Waals surface area contributed by atoms with Crippen LogP contribution in [0.5, 0.6) is 0 Å². The van der Waals surface area contributed by atoms with Crippen molar-refractivity contribution < 1.29 is 24.9 Å². The summed E-state index contributed by atoms with van der Waals surface area (Å²) in [6.45, 7) is -1.24. The van der Waals surface area contributed by atoms with E-state index in [2.05, 4.69) is 0 Å². The van der Waals surface area contributed by atoms with Gasteiger partial charge in [-0.1, -0.05) is 5.65 Å². The highest BCUT2D eigenvalue weighted by Gasteiger charge is 2.24. The molecule has 0 radical (unpaired) electrons. The van der Waals surface area contributed by atoms with Crippen LogP contribution in [0.25, 0.3) is 0 Å². The Balaban J connectivity index is 3.91. The molecule has 12 heavy (non-hydrogen) atoms.